The molecule has 0 radical (unpaired) electrons. The van der Waals surface area contributed by atoms with Gasteiger partial charge in [-0.2, -0.15) is 10.1 Å². The number of carbonyl (C=O) groups excluding carboxylic acids is 1. The molecule has 0 aliphatic heterocycles. The second-order valence-corrected chi connectivity index (χ2v) is 7.44. The molecule has 2 aliphatic carbocycles. The highest BCUT2D eigenvalue weighted by molar-refractivity contribution is 5.84. The molecule has 5 heteroatoms. The topological polar surface area (TPSA) is 57.0 Å². The first-order chi connectivity index (χ1) is 11.6. The normalized spacial score (nSPS) is 18.4. The average Bonchev–Trinajstić information content (AvgIpc) is 3.17. The van der Waals surface area contributed by atoms with Gasteiger partial charge in [-0.15, -0.1) is 0 Å². The van der Waals surface area contributed by atoms with Gasteiger partial charge in [0.2, 0.25) is 5.88 Å². The van der Waals surface area contributed by atoms with Crippen LogP contribution in [0.1, 0.15) is 62.1 Å². The molecule has 2 aromatic rings. The van der Waals surface area contributed by atoms with Crippen molar-refractivity contribution in [1.29, 1.82) is 0 Å². The van der Waals surface area contributed by atoms with E-state index in [2.05, 4.69) is 17.0 Å². The number of hydrogen-bond donors (Lipinski definition) is 0. The van der Waals surface area contributed by atoms with Gasteiger partial charge >= 0.3 is 0 Å². The number of fused-ring (bicyclic) bond motifs is 1. The monoisotopic (exact) mass is 327 g/mol. The van der Waals surface area contributed by atoms with Crippen LogP contribution in [-0.2, 0) is 11.8 Å². The summed E-state index contributed by atoms with van der Waals surface area (Å²) in [5, 5.41) is 5.81. The van der Waals surface area contributed by atoms with Crippen molar-refractivity contribution in [2.24, 2.45) is 13.0 Å². The Kier molecular flexibility index (Phi) is 4.02. The molecule has 0 atom stereocenters. The third kappa shape index (κ3) is 3.04. The van der Waals surface area contributed by atoms with Crippen LogP contribution in [0.25, 0.3) is 11.0 Å². The quantitative estimate of drug-likeness (QED) is 0.812. The number of hydrogen-bond acceptors (Lipinski definition) is 4. The highest BCUT2D eigenvalue weighted by Gasteiger charge is 2.30. The van der Waals surface area contributed by atoms with Crippen molar-refractivity contribution in [2.45, 2.75) is 57.8 Å². The SMILES string of the molecule is Cc1cc(OCC(=O)CC2CCCC2)nc2c1c(C1CC1)nn2C. The van der Waals surface area contributed by atoms with Crippen molar-refractivity contribution in [3.63, 3.8) is 0 Å². The smallest absolute Gasteiger partial charge is 0.215 e. The first-order valence-corrected chi connectivity index (χ1v) is 9.10. The maximum absolute atomic E-state index is 12.1. The van der Waals surface area contributed by atoms with Gasteiger partial charge in [0, 0.05) is 30.8 Å². The lowest BCUT2D eigenvalue weighted by molar-refractivity contribution is -0.122. The van der Waals surface area contributed by atoms with Crippen molar-refractivity contribution >= 4 is 16.8 Å². The molecule has 0 spiro atoms. The maximum Gasteiger partial charge on any atom is 0.215 e. The summed E-state index contributed by atoms with van der Waals surface area (Å²) >= 11 is 0. The van der Waals surface area contributed by atoms with Gasteiger partial charge in [-0.1, -0.05) is 25.7 Å². The van der Waals surface area contributed by atoms with Crippen molar-refractivity contribution < 1.29 is 9.53 Å². The van der Waals surface area contributed by atoms with Gasteiger partial charge in [0.25, 0.3) is 0 Å². The zero-order chi connectivity index (χ0) is 16.7. The van der Waals surface area contributed by atoms with E-state index >= 15 is 0 Å². The second-order valence-electron chi connectivity index (χ2n) is 7.44. The highest BCUT2D eigenvalue weighted by atomic mass is 16.5. The van der Waals surface area contributed by atoms with E-state index in [4.69, 9.17) is 4.74 Å². The average molecular weight is 327 g/mol. The number of aromatic nitrogens is 3. The minimum absolute atomic E-state index is 0.127. The Morgan fingerprint density at radius 1 is 1.29 bits per heavy atom. The summed E-state index contributed by atoms with van der Waals surface area (Å²) in [5.74, 6) is 1.88. The molecule has 2 aromatic heterocycles. The van der Waals surface area contributed by atoms with E-state index in [9.17, 15) is 4.79 Å². The molecule has 2 heterocycles. The summed E-state index contributed by atoms with van der Waals surface area (Å²) in [6, 6.07) is 1.94. The summed E-state index contributed by atoms with van der Waals surface area (Å²) in [6.45, 7) is 2.20. The summed E-state index contributed by atoms with van der Waals surface area (Å²) in [7, 11) is 1.93. The van der Waals surface area contributed by atoms with Gasteiger partial charge in [0.1, 0.15) is 6.61 Å². The van der Waals surface area contributed by atoms with Crippen LogP contribution < -0.4 is 4.74 Å². The molecule has 2 saturated carbocycles. The van der Waals surface area contributed by atoms with E-state index in [1.807, 2.05) is 17.8 Å². The van der Waals surface area contributed by atoms with Gasteiger partial charge in [0.15, 0.2) is 11.4 Å². The summed E-state index contributed by atoms with van der Waals surface area (Å²) in [4.78, 5) is 16.7. The number of carbonyl (C=O) groups is 1. The third-order valence-electron chi connectivity index (χ3n) is 5.33. The zero-order valence-electron chi connectivity index (χ0n) is 14.5. The summed E-state index contributed by atoms with van der Waals surface area (Å²) in [6.07, 6.45) is 8.00. The molecule has 128 valence electrons. The summed E-state index contributed by atoms with van der Waals surface area (Å²) in [5.41, 5.74) is 3.16. The Morgan fingerprint density at radius 2 is 2.04 bits per heavy atom. The van der Waals surface area contributed by atoms with Crippen LogP contribution in [0.15, 0.2) is 6.07 Å². The van der Waals surface area contributed by atoms with Gasteiger partial charge in [-0.25, -0.2) is 0 Å². The fourth-order valence-electron chi connectivity index (χ4n) is 3.90. The summed E-state index contributed by atoms with van der Waals surface area (Å²) < 4.78 is 7.54. The third-order valence-corrected chi connectivity index (χ3v) is 5.33. The number of Topliss-reactive ketones (excluding diaryl/α,β-unsaturated/α-hetero) is 1. The Balaban J connectivity index is 1.48. The second kappa shape index (κ2) is 6.19. The molecule has 0 N–H and O–H groups in total. The molecule has 2 fully saturated rings. The Labute approximate surface area is 142 Å². The molecule has 0 saturated heterocycles. The predicted octanol–water partition coefficient (Wildman–Crippen LogP) is 3.68. The van der Waals surface area contributed by atoms with E-state index in [0.29, 0.717) is 24.1 Å². The molecule has 0 aromatic carbocycles. The van der Waals surface area contributed by atoms with Crippen LogP contribution >= 0.6 is 0 Å². The van der Waals surface area contributed by atoms with Crippen LogP contribution in [0.2, 0.25) is 0 Å². The Hall–Kier alpha value is -1.91. The van der Waals surface area contributed by atoms with Gasteiger partial charge < -0.3 is 4.74 Å². The molecule has 24 heavy (non-hydrogen) atoms. The van der Waals surface area contributed by atoms with E-state index in [-0.39, 0.29) is 12.4 Å². The molecule has 0 bridgehead atoms. The van der Waals surface area contributed by atoms with E-state index in [1.165, 1.54) is 44.2 Å². The van der Waals surface area contributed by atoms with Gasteiger partial charge in [-0.05, 0) is 31.2 Å². The number of ketones is 1. The van der Waals surface area contributed by atoms with Gasteiger partial charge in [0.05, 0.1) is 5.69 Å². The van der Waals surface area contributed by atoms with Crippen molar-refractivity contribution in [1.82, 2.24) is 14.8 Å². The highest BCUT2D eigenvalue weighted by Crippen LogP contribution is 2.43. The van der Waals surface area contributed by atoms with E-state index in [1.54, 1.807) is 0 Å². The molecule has 0 unspecified atom stereocenters. The van der Waals surface area contributed by atoms with Crippen LogP contribution in [-0.4, -0.2) is 27.2 Å². The number of pyridine rings is 1. The van der Waals surface area contributed by atoms with Crippen molar-refractivity contribution in [2.75, 3.05) is 6.61 Å². The maximum atomic E-state index is 12.1. The van der Waals surface area contributed by atoms with Crippen LogP contribution in [0.5, 0.6) is 5.88 Å². The molecule has 0 amide bonds. The van der Waals surface area contributed by atoms with Crippen molar-refractivity contribution in [3.05, 3.63) is 17.3 Å². The fraction of sp³-hybridized carbons (Fsp3) is 0.632. The lowest BCUT2D eigenvalue weighted by Gasteiger charge is -2.09. The standard InChI is InChI=1S/C19H25N3O2/c1-12-9-16(24-11-15(23)10-13-5-3-4-6-13)20-19-17(12)18(14-7-8-14)21-22(19)2/h9,13-14H,3-8,10-11H2,1-2H3. The number of aryl methyl sites for hydroxylation is 2. The number of ether oxygens (including phenoxy) is 1. The van der Waals surface area contributed by atoms with Crippen LogP contribution in [0.4, 0.5) is 0 Å². The minimum Gasteiger partial charge on any atom is -0.470 e. The minimum atomic E-state index is 0.127. The lowest BCUT2D eigenvalue weighted by atomic mass is 10.0. The zero-order valence-corrected chi connectivity index (χ0v) is 14.5. The Morgan fingerprint density at radius 3 is 2.75 bits per heavy atom. The first kappa shape index (κ1) is 15.6. The van der Waals surface area contributed by atoms with Crippen molar-refractivity contribution in [3.8, 4) is 5.88 Å². The van der Waals surface area contributed by atoms with Gasteiger partial charge in [-0.3, -0.25) is 9.48 Å². The largest absolute Gasteiger partial charge is 0.470 e. The van der Waals surface area contributed by atoms with Crippen LogP contribution in [0, 0.1) is 12.8 Å². The predicted molar refractivity (Wildman–Crippen MR) is 92.3 cm³/mol. The first-order valence-electron chi connectivity index (χ1n) is 9.10. The number of nitrogens with zero attached hydrogens (tertiary/aromatic N) is 3. The Bertz CT molecular complexity index is 771. The molecular formula is C19H25N3O2. The number of rotatable bonds is 6. The fourth-order valence-corrected chi connectivity index (χ4v) is 3.90. The van der Waals surface area contributed by atoms with E-state index in [0.717, 1.165) is 16.6 Å². The van der Waals surface area contributed by atoms with Crippen LogP contribution in [0.3, 0.4) is 0 Å². The molecule has 2 aliphatic rings. The molecule has 4 rings (SSSR count). The van der Waals surface area contributed by atoms with E-state index < -0.39 is 0 Å². The molecular weight excluding hydrogens is 302 g/mol. The lowest BCUT2D eigenvalue weighted by Crippen LogP contribution is -2.15. The molecule has 5 nitrogen and oxygen atoms in total.